The van der Waals surface area contributed by atoms with Crippen LogP contribution < -0.4 is 0 Å². The normalized spacial score (nSPS) is 19.6. The average Bonchev–Trinajstić information content (AvgIpc) is 2.63. The Morgan fingerprint density at radius 2 is 2.04 bits per heavy atom. The Hall–Kier alpha value is -2.44. The van der Waals surface area contributed by atoms with Crippen LogP contribution in [0.5, 0.6) is 0 Å². The van der Waals surface area contributed by atoms with Crippen LogP contribution in [0.15, 0.2) is 24.3 Å². The number of amides is 1. The van der Waals surface area contributed by atoms with Crippen molar-refractivity contribution in [2.45, 2.75) is 52.0 Å². The highest BCUT2D eigenvalue weighted by atomic mass is 16.6. The summed E-state index contributed by atoms with van der Waals surface area (Å²) >= 11 is 0. The summed E-state index contributed by atoms with van der Waals surface area (Å²) < 4.78 is 4.98. The van der Waals surface area contributed by atoms with Crippen molar-refractivity contribution in [1.82, 2.24) is 4.90 Å². The minimum absolute atomic E-state index is 0.0324. The van der Waals surface area contributed by atoms with Crippen LogP contribution in [0.25, 0.3) is 0 Å². The van der Waals surface area contributed by atoms with Gasteiger partial charge < -0.3 is 9.64 Å². The van der Waals surface area contributed by atoms with Crippen LogP contribution in [0.2, 0.25) is 0 Å². The lowest BCUT2D eigenvalue weighted by Crippen LogP contribution is -2.46. The number of nitro benzene ring substituents is 1. The number of rotatable bonds is 7. The molecule has 2 atom stereocenters. The van der Waals surface area contributed by atoms with Crippen molar-refractivity contribution in [3.8, 4) is 0 Å². The Kier molecular flexibility index (Phi) is 7.12. The van der Waals surface area contributed by atoms with E-state index in [0.717, 1.165) is 25.7 Å². The number of nitrogens with zero attached hydrogens (tertiary/aromatic N) is 2. The third-order valence-electron chi connectivity index (χ3n) is 4.89. The van der Waals surface area contributed by atoms with Crippen LogP contribution in [-0.4, -0.2) is 40.9 Å². The van der Waals surface area contributed by atoms with Gasteiger partial charge in [0, 0.05) is 30.3 Å². The maximum absolute atomic E-state index is 13.1. The molecule has 1 aliphatic carbocycles. The molecule has 1 aromatic carbocycles. The number of non-ortho nitro benzene ring substituents is 1. The number of hydrogen-bond acceptors (Lipinski definition) is 5. The number of carbonyl (C=O) groups is 2. The van der Waals surface area contributed by atoms with Crippen molar-refractivity contribution in [2.24, 2.45) is 5.92 Å². The zero-order chi connectivity index (χ0) is 19.1. The van der Waals surface area contributed by atoms with Crippen molar-refractivity contribution >= 4 is 17.6 Å². The maximum Gasteiger partial charge on any atom is 0.307 e. The van der Waals surface area contributed by atoms with Crippen LogP contribution in [0.4, 0.5) is 5.69 Å². The number of nitro groups is 1. The zero-order valence-electron chi connectivity index (χ0n) is 15.3. The van der Waals surface area contributed by atoms with E-state index in [-0.39, 0.29) is 42.1 Å². The molecule has 7 nitrogen and oxygen atoms in total. The molecule has 0 aromatic heterocycles. The summed E-state index contributed by atoms with van der Waals surface area (Å²) in [5.41, 5.74) is 0.165. The Morgan fingerprint density at radius 1 is 1.31 bits per heavy atom. The van der Waals surface area contributed by atoms with Crippen LogP contribution in [-0.2, 0) is 9.53 Å². The Balaban J connectivity index is 2.23. The molecule has 142 valence electrons. The minimum Gasteiger partial charge on any atom is -0.466 e. The zero-order valence-corrected chi connectivity index (χ0v) is 15.3. The van der Waals surface area contributed by atoms with Gasteiger partial charge in [-0.05, 0) is 31.7 Å². The second-order valence-electron chi connectivity index (χ2n) is 6.69. The van der Waals surface area contributed by atoms with Crippen LogP contribution in [0, 0.1) is 16.0 Å². The molecule has 0 radical (unpaired) electrons. The van der Waals surface area contributed by atoms with E-state index in [9.17, 15) is 19.7 Å². The molecule has 0 saturated heterocycles. The SMILES string of the molecule is CCOC(=O)CCN(C(=O)c1cccc([N+](=O)[O-])c1)C1CCCCC1C. The minimum atomic E-state index is -0.511. The number of esters is 1. The van der Waals surface area contributed by atoms with Crippen molar-refractivity contribution in [3.05, 3.63) is 39.9 Å². The highest BCUT2D eigenvalue weighted by Crippen LogP contribution is 2.29. The second-order valence-corrected chi connectivity index (χ2v) is 6.69. The topological polar surface area (TPSA) is 89.8 Å². The lowest BCUT2D eigenvalue weighted by molar-refractivity contribution is -0.384. The molecule has 2 unspecified atom stereocenters. The van der Waals surface area contributed by atoms with Gasteiger partial charge in [0.25, 0.3) is 11.6 Å². The fourth-order valence-corrected chi connectivity index (χ4v) is 3.54. The molecule has 1 fully saturated rings. The van der Waals surface area contributed by atoms with E-state index >= 15 is 0 Å². The quantitative estimate of drug-likeness (QED) is 0.420. The molecule has 0 aliphatic heterocycles. The molecular weight excluding hydrogens is 336 g/mol. The standard InChI is InChI=1S/C19H26N2O5/c1-3-26-18(22)11-12-20(17-10-5-4-7-14(17)2)19(23)15-8-6-9-16(13-15)21(24)25/h6,8-9,13-14,17H,3-5,7,10-12H2,1-2H3. The van der Waals surface area contributed by atoms with E-state index in [1.165, 1.54) is 18.2 Å². The van der Waals surface area contributed by atoms with Gasteiger partial charge in [0.15, 0.2) is 0 Å². The highest BCUT2D eigenvalue weighted by molar-refractivity contribution is 5.95. The molecule has 1 amide bonds. The van der Waals surface area contributed by atoms with Gasteiger partial charge in [0.2, 0.25) is 0 Å². The van der Waals surface area contributed by atoms with E-state index in [1.807, 2.05) is 0 Å². The lowest BCUT2D eigenvalue weighted by Gasteiger charge is -2.38. The summed E-state index contributed by atoms with van der Waals surface area (Å²) in [4.78, 5) is 37.1. The van der Waals surface area contributed by atoms with Gasteiger partial charge >= 0.3 is 5.97 Å². The summed E-state index contributed by atoms with van der Waals surface area (Å²) in [6, 6.07) is 5.79. The second kappa shape index (κ2) is 9.31. The monoisotopic (exact) mass is 362 g/mol. The summed E-state index contributed by atoms with van der Waals surface area (Å²) in [7, 11) is 0. The van der Waals surface area contributed by atoms with Gasteiger partial charge in [-0.25, -0.2) is 0 Å². The van der Waals surface area contributed by atoms with Gasteiger partial charge in [-0.3, -0.25) is 19.7 Å². The Morgan fingerprint density at radius 3 is 2.69 bits per heavy atom. The molecule has 2 rings (SSSR count). The van der Waals surface area contributed by atoms with Crippen molar-refractivity contribution in [3.63, 3.8) is 0 Å². The smallest absolute Gasteiger partial charge is 0.307 e. The van der Waals surface area contributed by atoms with Crippen LogP contribution >= 0.6 is 0 Å². The molecule has 1 aromatic rings. The molecule has 0 spiro atoms. The van der Waals surface area contributed by atoms with E-state index in [0.29, 0.717) is 12.5 Å². The summed E-state index contributed by atoms with van der Waals surface area (Å²) in [5.74, 6) is -0.279. The van der Waals surface area contributed by atoms with Gasteiger partial charge in [-0.15, -0.1) is 0 Å². The first-order chi connectivity index (χ1) is 12.4. The van der Waals surface area contributed by atoms with Crippen LogP contribution in [0.1, 0.15) is 56.3 Å². The molecule has 0 N–H and O–H groups in total. The van der Waals surface area contributed by atoms with Gasteiger partial charge in [0.1, 0.15) is 0 Å². The largest absolute Gasteiger partial charge is 0.466 e. The molecule has 26 heavy (non-hydrogen) atoms. The summed E-state index contributed by atoms with van der Waals surface area (Å²) in [6.45, 7) is 4.42. The third kappa shape index (κ3) is 5.03. The molecule has 0 heterocycles. The van der Waals surface area contributed by atoms with Gasteiger partial charge in [-0.1, -0.05) is 25.8 Å². The van der Waals surface area contributed by atoms with Gasteiger partial charge in [0.05, 0.1) is 18.0 Å². The summed E-state index contributed by atoms with van der Waals surface area (Å²) in [6.07, 6.45) is 4.20. The summed E-state index contributed by atoms with van der Waals surface area (Å²) in [5, 5.41) is 11.0. The average molecular weight is 362 g/mol. The molecule has 0 bridgehead atoms. The first-order valence-electron chi connectivity index (χ1n) is 9.15. The van der Waals surface area contributed by atoms with Gasteiger partial charge in [-0.2, -0.15) is 0 Å². The molecule has 7 heteroatoms. The maximum atomic E-state index is 13.1. The number of hydrogen-bond donors (Lipinski definition) is 0. The number of benzene rings is 1. The first kappa shape index (κ1) is 19.9. The predicted octanol–water partition coefficient (Wildman–Crippen LogP) is 3.57. The van der Waals surface area contributed by atoms with Crippen molar-refractivity contribution in [2.75, 3.05) is 13.2 Å². The van der Waals surface area contributed by atoms with Crippen molar-refractivity contribution in [1.29, 1.82) is 0 Å². The first-order valence-corrected chi connectivity index (χ1v) is 9.15. The van der Waals surface area contributed by atoms with E-state index in [4.69, 9.17) is 4.74 Å². The Bertz CT molecular complexity index is 661. The Labute approximate surface area is 153 Å². The van der Waals surface area contributed by atoms with E-state index in [1.54, 1.807) is 17.9 Å². The predicted molar refractivity (Wildman–Crippen MR) is 96.8 cm³/mol. The fourth-order valence-electron chi connectivity index (χ4n) is 3.54. The van der Waals surface area contributed by atoms with Crippen LogP contribution in [0.3, 0.4) is 0 Å². The van der Waals surface area contributed by atoms with Crippen molar-refractivity contribution < 1.29 is 19.2 Å². The third-order valence-corrected chi connectivity index (χ3v) is 4.89. The fraction of sp³-hybridized carbons (Fsp3) is 0.579. The highest BCUT2D eigenvalue weighted by Gasteiger charge is 2.31. The number of ether oxygens (including phenoxy) is 1. The lowest BCUT2D eigenvalue weighted by atomic mass is 9.84. The van der Waals surface area contributed by atoms with E-state index in [2.05, 4.69) is 6.92 Å². The number of carbonyl (C=O) groups excluding carboxylic acids is 2. The molecule has 1 saturated carbocycles. The van der Waals surface area contributed by atoms with E-state index < -0.39 is 4.92 Å². The molecule has 1 aliphatic rings. The molecular formula is C19H26N2O5.